The first kappa shape index (κ1) is 19.9. The topological polar surface area (TPSA) is 75.4 Å². The van der Waals surface area contributed by atoms with Crippen LogP contribution in [0.1, 0.15) is 41.7 Å². The van der Waals surface area contributed by atoms with Gasteiger partial charge in [0.15, 0.2) is 5.69 Å². The molecule has 28 heavy (non-hydrogen) atoms. The van der Waals surface area contributed by atoms with Crippen molar-refractivity contribution in [1.82, 2.24) is 14.7 Å². The van der Waals surface area contributed by atoms with Gasteiger partial charge < -0.3 is 10.0 Å². The number of piperidine rings is 1. The van der Waals surface area contributed by atoms with Crippen molar-refractivity contribution in [2.45, 2.75) is 31.9 Å². The number of aliphatic carboxylic acids is 1. The molecule has 2 aromatic rings. The number of hydrogen-bond acceptors (Lipinski definition) is 3. The van der Waals surface area contributed by atoms with Crippen LogP contribution in [0.15, 0.2) is 36.5 Å². The maximum absolute atomic E-state index is 12.8. The zero-order chi connectivity index (χ0) is 20.3. The molecule has 2 heterocycles. The van der Waals surface area contributed by atoms with E-state index in [4.69, 9.17) is 5.11 Å². The number of carboxylic acids is 1. The Labute approximate surface area is 159 Å². The van der Waals surface area contributed by atoms with Gasteiger partial charge in [0.2, 0.25) is 0 Å². The van der Waals surface area contributed by atoms with Crippen molar-refractivity contribution in [2.24, 2.45) is 5.92 Å². The molecule has 1 aromatic carbocycles. The average molecular weight is 395 g/mol. The number of carbonyl (C=O) groups excluding carboxylic acids is 1. The number of likely N-dealkylation sites (tertiary alicyclic amines) is 1. The lowest BCUT2D eigenvalue weighted by atomic mass is 9.93. The molecule has 0 radical (unpaired) electrons. The molecule has 0 bridgehead atoms. The Kier molecular flexibility index (Phi) is 5.71. The lowest BCUT2D eigenvalue weighted by Crippen LogP contribution is -2.40. The van der Waals surface area contributed by atoms with E-state index in [1.165, 1.54) is 12.3 Å². The second-order valence-corrected chi connectivity index (χ2v) is 6.89. The molecular formula is C19H20F3N3O3. The van der Waals surface area contributed by atoms with Gasteiger partial charge >= 0.3 is 12.1 Å². The maximum atomic E-state index is 12.8. The van der Waals surface area contributed by atoms with Crippen LogP contribution in [0, 0.1) is 5.92 Å². The van der Waals surface area contributed by atoms with E-state index in [-0.39, 0.29) is 18.2 Å². The highest BCUT2D eigenvalue weighted by Crippen LogP contribution is 2.28. The number of halogens is 3. The number of hydrogen-bond donors (Lipinski definition) is 1. The Morgan fingerprint density at radius 1 is 1.25 bits per heavy atom. The van der Waals surface area contributed by atoms with Gasteiger partial charge in [0.05, 0.1) is 5.69 Å². The van der Waals surface area contributed by atoms with E-state index < -0.39 is 17.8 Å². The number of alkyl halides is 3. The largest absolute Gasteiger partial charge is 0.481 e. The van der Waals surface area contributed by atoms with E-state index >= 15 is 0 Å². The summed E-state index contributed by atoms with van der Waals surface area (Å²) in [6.45, 7) is 1.06. The van der Waals surface area contributed by atoms with Crippen LogP contribution in [-0.4, -0.2) is 44.8 Å². The molecule has 1 aromatic heterocycles. The quantitative estimate of drug-likeness (QED) is 0.839. The van der Waals surface area contributed by atoms with Crippen molar-refractivity contribution in [3.05, 3.63) is 47.8 Å². The van der Waals surface area contributed by atoms with E-state index in [9.17, 15) is 22.8 Å². The zero-order valence-electron chi connectivity index (χ0n) is 15.0. The number of carboxylic acid groups (broad SMARTS) is 1. The SMILES string of the molecule is O=C(O)CC[C@H]1CCCN(C(=O)c2cccc(-n3ccc(C(F)(F)F)n3)c2)C1. The van der Waals surface area contributed by atoms with E-state index in [0.29, 0.717) is 30.8 Å². The number of carbonyl (C=O) groups is 2. The van der Waals surface area contributed by atoms with Crippen molar-refractivity contribution >= 4 is 11.9 Å². The highest BCUT2D eigenvalue weighted by molar-refractivity contribution is 5.94. The number of rotatable bonds is 5. The third kappa shape index (κ3) is 4.71. The van der Waals surface area contributed by atoms with Crippen LogP contribution >= 0.6 is 0 Å². The maximum Gasteiger partial charge on any atom is 0.435 e. The summed E-state index contributed by atoms with van der Waals surface area (Å²) < 4.78 is 39.3. The Morgan fingerprint density at radius 3 is 2.71 bits per heavy atom. The molecular weight excluding hydrogens is 375 g/mol. The molecule has 3 rings (SSSR count). The number of benzene rings is 1. The van der Waals surface area contributed by atoms with Crippen molar-refractivity contribution in [2.75, 3.05) is 13.1 Å². The predicted octanol–water partition coefficient (Wildman–Crippen LogP) is 3.61. The molecule has 1 aliphatic heterocycles. The molecule has 0 unspecified atom stereocenters. The van der Waals surface area contributed by atoms with Crippen LogP contribution in [0.4, 0.5) is 13.2 Å². The minimum absolute atomic E-state index is 0.0724. The molecule has 0 spiro atoms. The summed E-state index contributed by atoms with van der Waals surface area (Å²) in [4.78, 5) is 25.3. The lowest BCUT2D eigenvalue weighted by Gasteiger charge is -2.32. The van der Waals surface area contributed by atoms with Gasteiger partial charge in [0, 0.05) is 31.3 Å². The van der Waals surface area contributed by atoms with Gasteiger partial charge in [-0.15, -0.1) is 0 Å². The number of nitrogens with zero attached hydrogens (tertiary/aromatic N) is 3. The second kappa shape index (κ2) is 8.04. The Morgan fingerprint density at radius 2 is 2.04 bits per heavy atom. The van der Waals surface area contributed by atoms with Crippen molar-refractivity contribution < 1.29 is 27.9 Å². The van der Waals surface area contributed by atoms with Crippen molar-refractivity contribution in [3.63, 3.8) is 0 Å². The zero-order valence-corrected chi connectivity index (χ0v) is 15.0. The van der Waals surface area contributed by atoms with Gasteiger partial charge in [0.25, 0.3) is 5.91 Å². The molecule has 1 N–H and O–H groups in total. The summed E-state index contributed by atoms with van der Waals surface area (Å²) in [6, 6.07) is 7.18. The van der Waals surface area contributed by atoms with Gasteiger partial charge in [-0.25, -0.2) is 4.68 Å². The van der Waals surface area contributed by atoms with Gasteiger partial charge in [-0.3, -0.25) is 9.59 Å². The van der Waals surface area contributed by atoms with Crippen LogP contribution in [0.5, 0.6) is 0 Å². The standard InChI is InChI=1S/C19H20F3N3O3/c20-19(21,22)16-8-10-25(23-16)15-5-1-4-14(11-15)18(28)24-9-2-3-13(12-24)6-7-17(26)27/h1,4-5,8,10-11,13H,2-3,6-7,9,12H2,(H,26,27)/t13-/m1/s1. The molecule has 1 aliphatic rings. The molecule has 6 nitrogen and oxygen atoms in total. The molecule has 1 atom stereocenters. The Balaban J connectivity index is 1.73. The molecule has 1 fully saturated rings. The van der Waals surface area contributed by atoms with Crippen LogP contribution in [0.3, 0.4) is 0 Å². The summed E-state index contributed by atoms with van der Waals surface area (Å²) in [5.74, 6) is -0.934. The first-order valence-electron chi connectivity index (χ1n) is 8.98. The number of amides is 1. The minimum atomic E-state index is -4.53. The molecule has 1 saturated heterocycles. The first-order chi connectivity index (χ1) is 13.2. The second-order valence-electron chi connectivity index (χ2n) is 6.89. The monoisotopic (exact) mass is 395 g/mol. The van der Waals surface area contributed by atoms with Crippen LogP contribution < -0.4 is 0 Å². The number of aromatic nitrogens is 2. The molecule has 0 saturated carbocycles. The summed E-state index contributed by atoms with van der Waals surface area (Å²) in [5.41, 5.74) is -0.275. The van der Waals surface area contributed by atoms with Crippen molar-refractivity contribution in [3.8, 4) is 5.69 Å². The van der Waals surface area contributed by atoms with E-state index in [1.807, 2.05) is 0 Å². The molecule has 0 aliphatic carbocycles. The predicted molar refractivity (Wildman–Crippen MR) is 94.1 cm³/mol. The normalized spacial score (nSPS) is 17.5. The van der Waals surface area contributed by atoms with Gasteiger partial charge in [-0.2, -0.15) is 18.3 Å². The fourth-order valence-electron chi connectivity index (χ4n) is 3.40. The third-order valence-electron chi connectivity index (χ3n) is 4.81. The summed E-state index contributed by atoms with van der Waals surface area (Å²) in [5, 5.41) is 12.4. The van der Waals surface area contributed by atoms with Gasteiger partial charge in [0.1, 0.15) is 0 Å². The molecule has 9 heteroatoms. The summed E-state index contributed by atoms with van der Waals surface area (Å²) in [7, 11) is 0. The molecule has 1 amide bonds. The third-order valence-corrected chi connectivity index (χ3v) is 4.81. The smallest absolute Gasteiger partial charge is 0.435 e. The van der Waals surface area contributed by atoms with Crippen LogP contribution in [-0.2, 0) is 11.0 Å². The Bertz CT molecular complexity index is 863. The van der Waals surface area contributed by atoms with E-state index in [1.54, 1.807) is 23.1 Å². The summed E-state index contributed by atoms with van der Waals surface area (Å²) >= 11 is 0. The fraction of sp³-hybridized carbons (Fsp3) is 0.421. The first-order valence-corrected chi connectivity index (χ1v) is 8.98. The van der Waals surface area contributed by atoms with Crippen LogP contribution in [0.25, 0.3) is 5.69 Å². The minimum Gasteiger partial charge on any atom is -0.481 e. The summed E-state index contributed by atoms with van der Waals surface area (Å²) in [6.07, 6.45) is -1.06. The van der Waals surface area contributed by atoms with E-state index in [2.05, 4.69) is 5.10 Å². The van der Waals surface area contributed by atoms with Crippen LogP contribution in [0.2, 0.25) is 0 Å². The molecule has 150 valence electrons. The highest BCUT2D eigenvalue weighted by Gasteiger charge is 2.33. The fourth-order valence-corrected chi connectivity index (χ4v) is 3.40. The highest BCUT2D eigenvalue weighted by atomic mass is 19.4. The van der Waals surface area contributed by atoms with Crippen molar-refractivity contribution in [1.29, 1.82) is 0 Å². The van der Waals surface area contributed by atoms with Gasteiger partial charge in [-0.05, 0) is 49.4 Å². The van der Waals surface area contributed by atoms with Gasteiger partial charge in [-0.1, -0.05) is 6.07 Å². The Hall–Kier alpha value is -2.84. The van der Waals surface area contributed by atoms with E-state index in [0.717, 1.165) is 23.6 Å². The average Bonchev–Trinajstić information content (AvgIpc) is 3.17. The lowest BCUT2D eigenvalue weighted by molar-refractivity contribution is -0.141.